The Hall–Kier alpha value is -2.47. The number of nitrogens with zero attached hydrogens (tertiary/aromatic N) is 4. The van der Waals surface area contributed by atoms with Gasteiger partial charge in [-0.2, -0.15) is 0 Å². The first kappa shape index (κ1) is 14.1. The summed E-state index contributed by atoms with van der Waals surface area (Å²) < 4.78 is 1.89. The highest BCUT2D eigenvalue weighted by atomic mass is 32.1. The average Bonchev–Trinajstić information content (AvgIpc) is 3.35. The zero-order chi connectivity index (χ0) is 15.6. The molecule has 1 atom stereocenters. The van der Waals surface area contributed by atoms with Crippen LogP contribution < -0.4 is 0 Å². The Morgan fingerprint density at radius 3 is 2.83 bits per heavy atom. The second-order valence-corrected chi connectivity index (χ2v) is 6.57. The third kappa shape index (κ3) is 2.77. The van der Waals surface area contributed by atoms with Crippen molar-refractivity contribution >= 4 is 17.2 Å². The molecule has 116 valence electrons. The van der Waals surface area contributed by atoms with Gasteiger partial charge in [0.25, 0.3) is 5.91 Å². The summed E-state index contributed by atoms with van der Waals surface area (Å²) >= 11 is 1.49. The summed E-state index contributed by atoms with van der Waals surface area (Å²) in [5.41, 5.74) is 1.93. The molecular weight excluding hydrogens is 308 g/mol. The van der Waals surface area contributed by atoms with Crippen LogP contribution in [0.1, 0.15) is 22.1 Å². The first-order valence-corrected chi connectivity index (χ1v) is 8.49. The summed E-state index contributed by atoms with van der Waals surface area (Å²) in [6.45, 7) is 1.45. The van der Waals surface area contributed by atoms with Gasteiger partial charge < -0.3 is 4.90 Å². The second kappa shape index (κ2) is 5.96. The van der Waals surface area contributed by atoms with Gasteiger partial charge in [0, 0.05) is 18.7 Å². The molecule has 1 amide bonds. The van der Waals surface area contributed by atoms with Crippen LogP contribution in [-0.2, 0) is 0 Å². The fourth-order valence-electron chi connectivity index (χ4n) is 2.89. The van der Waals surface area contributed by atoms with E-state index in [4.69, 9.17) is 0 Å². The molecule has 1 unspecified atom stereocenters. The first-order chi connectivity index (χ1) is 11.3. The zero-order valence-electron chi connectivity index (χ0n) is 12.5. The minimum atomic E-state index is 0.117. The van der Waals surface area contributed by atoms with Gasteiger partial charge in [-0.15, -0.1) is 16.4 Å². The molecule has 0 radical (unpaired) electrons. The lowest BCUT2D eigenvalue weighted by Gasteiger charge is -2.15. The van der Waals surface area contributed by atoms with Gasteiger partial charge in [-0.1, -0.05) is 41.6 Å². The third-order valence-electron chi connectivity index (χ3n) is 4.14. The van der Waals surface area contributed by atoms with Crippen molar-refractivity contribution < 1.29 is 4.79 Å². The monoisotopic (exact) mass is 324 g/mol. The number of rotatable bonds is 3. The van der Waals surface area contributed by atoms with Crippen LogP contribution in [0.5, 0.6) is 0 Å². The van der Waals surface area contributed by atoms with Crippen LogP contribution in [0.2, 0.25) is 0 Å². The maximum absolute atomic E-state index is 12.4. The van der Waals surface area contributed by atoms with Crippen LogP contribution in [0.15, 0.2) is 54.0 Å². The maximum Gasteiger partial charge on any atom is 0.263 e. The molecule has 3 heterocycles. The number of carbonyl (C=O) groups is 1. The van der Waals surface area contributed by atoms with Crippen molar-refractivity contribution in [2.24, 2.45) is 0 Å². The molecule has 0 spiro atoms. The van der Waals surface area contributed by atoms with E-state index in [1.807, 2.05) is 63.6 Å². The highest BCUT2D eigenvalue weighted by molar-refractivity contribution is 7.12. The first-order valence-electron chi connectivity index (χ1n) is 7.61. The van der Waals surface area contributed by atoms with E-state index in [1.165, 1.54) is 11.3 Å². The lowest BCUT2D eigenvalue weighted by Crippen LogP contribution is -2.28. The van der Waals surface area contributed by atoms with Gasteiger partial charge in [-0.05, 0) is 17.9 Å². The van der Waals surface area contributed by atoms with E-state index in [9.17, 15) is 4.79 Å². The van der Waals surface area contributed by atoms with Crippen LogP contribution in [0.25, 0.3) is 11.3 Å². The normalized spacial score (nSPS) is 17.6. The van der Waals surface area contributed by atoms with Gasteiger partial charge in [0.1, 0.15) is 5.69 Å². The standard InChI is InChI=1S/C17H16N4OS/c22-17(16-7-4-10-23-16)20-9-8-14(11-20)21-12-15(18-19-21)13-5-2-1-3-6-13/h1-7,10,12,14H,8-9,11H2. The molecule has 0 N–H and O–H groups in total. The van der Waals surface area contributed by atoms with Crippen LogP contribution >= 0.6 is 11.3 Å². The number of carbonyl (C=O) groups excluding carboxylic acids is 1. The van der Waals surface area contributed by atoms with Gasteiger partial charge >= 0.3 is 0 Å². The van der Waals surface area contributed by atoms with Crippen LogP contribution in [-0.4, -0.2) is 38.9 Å². The lowest BCUT2D eigenvalue weighted by molar-refractivity contribution is 0.0791. The highest BCUT2D eigenvalue weighted by Gasteiger charge is 2.29. The molecule has 3 aromatic rings. The van der Waals surface area contributed by atoms with Gasteiger partial charge in [-0.25, -0.2) is 4.68 Å². The Kier molecular flexibility index (Phi) is 3.67. The Morgan fingerprint density at radius 1 is 1.17 bits per heavy atom. The molecule has 1 aliphatic rings. The predicted molar refractivity (Wildman–Crippen MR) is 89.3 cm³/mol. The van der Waals surface area contributed by atoms with E-state index in [2.05, 4.69) is 10.3 Å². The van der Waals surface area contributed by atoms with Gasteiger partial charge in [0.05, 0.1) is 17.1 Å². The molecule has 5 nitrogen and oxygen atoms in total. The summed E-state index contributed by atoms with van der Waals surface area (Å²) in [6, 6.07) is 14.0. The van der Waals surface area contributed by atoms with Crippen molar-refractivity contribution in [1.82, 2.24) is 19.9 Å². The highest BCUT2D eigenvalue weighted by Crippen LogP contribution is 2.25. The quantitative estimate of drug-likeness (QED) is 0.744. The number of thiophene rings is 1. The topological polar surface area (TPSA) is 51.0 Å². The Labute approximate surface area is 138 Å². The van der Waals surface area contributed by atoms with E-state index in [0.29, 0.717) is 6.54 Å². The van der Waals surface area contributed by atoms with Gasteiger partial charge in [0.15, 0.2) is 0 Å². The minimum Gasteiger partial charge on any atom is -0.336 e. The number of aromatic nitrogens is 3. The molecular formula is C17H16N4OS. The molecule has 0 bridgehead atoms. The summed E-state index contributed by atoms with van der Waals surface area (Å²) in [7, 11) is 0. The smallest absolute Gasteiger partial charge is 0.263 e. The fourth-order valence-corrected chi connectivity index (χ4v) is 3.59. The number of amides is 1. The van der Waals surface area contributed by atoms with E-state index < -0.39 is 0 Å². The molecule has 1 saturated heterocycles. The Morgan fingerprint density at radius 2 is 2.04 bits per heavy atom. The summed E-state index contributed by atoms with van der Waals surface area (Å²) in [4.78, 5) is 15.1. The van der Waals surface area contributed by atoms with Crippen LogP contribution in [0.3, 0.4) is 0 Å². The Balaban J connectivity index is 1.48. The van der Waals surface area contributed by atoms with Crippen molar-refractivity contribution in [3.63, 3.8) is 0 Å². The number of benzene rings is 1. The van der Waals surface area contributed by atoms with E-state index in [1.54, 1.807) is 0 Å². The molecule has 0 saturated carbocycles. The minimum absolute atomic E-state index is 0.117. The predicted octanol–water partition coefficient (Wildman–Crippen LogP) is 3.09. The number of hydrogen-bond acceptors (Lipinski definition) is 4. The van der Waals surface area contributed by atoms with Crippen molar-refractivity contribution in [3.05, 3.63) is 58.9 Å². The molecule has 4 rings (SSSR count). The molecule has 0 aliphatic carbocycles. The lowest BCUT2D eigenvalue weighted by atomic mass is 10.2. The van der Waals surface area contributed by atoms with Crippen LogP contribution in [0.4, 0.5) is 0 Å². The number of likely N-dealkylation sites (tertiary alicyclic amines) is 1. The summed E-state index contributed by atoms with van der Waals surface area (Å²) in [5, 5.41) is 10.5. The third-order valence-corrected chi connectivity index (χ3v) is 4.99. The van der Waals surface area contributed by atoms with Crippen molar-refractivity contribution in [2.45, 2.75) is 12.5 Å². The van der Waals surface area contributed by atoms with Crippen molar-refractivity contribution in [2.75, 3.05) is 13.1 Å². The molecule has 1 aliphatic heterocycles. The molecule has 6 heteroatoms. The largest absolute Gasteiger partial charge is 0.336 e. The SMILES string of the molecule is O=C(c1cccs1)N1CCC(n2cc(-c3ccccc3)nn2)C1. The molecule has 2 aromatic heterocycles. The van der Waals surface area contributed by atoms with Crippen LogP contribution in [0, 0.1) is 0 Å². The van der Waals surface area contributed by atoms with Crippen molar-refractivity contribution in [3.8, 4) is 11.3 Å². The fraction of sp³-hybridized carbons (Fsp3) is 0.235. The van der Waals surface area contributed by atoms with E-state index in [-0.39, 0.29) is 11.9 Å². The van der Waals surface area contributed by atoms with Gasteiger partial charge in [-0.3, -0.25) is 4.79 Å². The zero-order valence-corrected chi connectivity index (χ0v) is 13.3. The molecule has 1 fully saturated rings. The average molecular weight is 324 g/mol. The maximum atomic E-state index is 12.4. The summed E-state index contributed by atoms with van der Waals surface area (Å²) in [5.74, 6) is 0.117. The van der Waals surface area contributed by atoms with E-state index >= 15 is 0 Å². The summed E-state index contributed by atoms with van der Waals surface area (Å²) in [6.07, 6.45) is 2.88. The molecule has 1 aromatic carbocycles. The molecule has 23 heavy (non-hydrogen) atoms. The second-order valence-electron chi connectivity index (χ2n) is 5.62. The number of hydrogen-bond donors (Lipinski definition) is 0. The van der Waals surface area contributed by atoms with Crippen molar-refractivity contribution in [1.29, 1.82) is 0 Å². The van der Waals surface area contributed by atoms with Gasteiger partial charge in [0.2, 0.25) is 0 Å². The van der Waals surface area contributed by atoms with E-state index in [0.717, 1.165) is 29.1 Å². The Bertz CT molecular complexity index is 797.